The molecule has 1 heteroatoms. The van der Waals surface area contributed by atoms with Gasteiger partial charge in [0.25, 0.3) is 0 Å². The minimum atomic E-state index is -0.410. The third-order valence-corrected chi connectivity index (χ3v) is 3.54. The minimum Gasteiger partial charge on any atom is -0.390 e. The quantitative estimate of drug-likeness (QED) is 0.669. The lowest BCUT2D eigenvalue weighted by Crippen LogP contribution is -2.28. The summed E-state index contributed by atoms with van der Waals surface area (Å²) in [6.07, 6.45) is 5.02. The highest BCUT2D eigenvalue weighted by Gasteiger charge is 2.25. The van der Waals surface area contributed by atoms with Crippen LogP contribution in [0.3, 0.4) is 0 Å². The SMILES string of the molecule is CCC(C)(C)CCC(O)(CC)CC. The molecule has 0 aromatic heterocycles. The molecule has 0 unspecified atom stereocenters. The Morgan fingerprint density at radius 1 is 0.846 bits per heavy atom. The first-order valence-electron chi connectivity index (χ1n) is 5.61. The zero-order valence-corrected chi connectivity index (χ0v) is 9.98. The molecular formula is C12H26O. The maximum absolute atomic E-state index is 10.1. The Morgan fingerprint density at radius 2 is 1.31 bits per heavy atom. The second-order valence-electron chi connectivity index (χ2n) is 4.95. The summed E-state index contributed by atoms with van der Waals surface area (Å²) in [5, 5.41) is 10.1. The van der Waals surface area contributed by atoms with Crippen molar-refractivity contribution in [2.24, 2.45) is 5.41 Å². The Bertz CT molecular complexity index is 134. The van der Waals surface area contributed by atoms with Crippen LogP contribution in [0.25, 0.3) is 0 Å². The van der Waals surface area contributed by atoms with Gasteiger partial charge in [-0.15, -0.1) is 0 Å². The lowest BCUT2D eigenvalue weighted by Gasteiger charge is -2.30. The summed E-state index contributed by atoms with van der Waals surface area (Å²) in [7, 11) is 0. The fourth-order valence-electron chi connectivity index (χ4n) is 1.35. The monoisotopic (exact) mass is 186 g/mol. The lowest BCUT2D eigenvalue weighted by atomic mass is 9.80. The van der Waals surface area contributed by atoms with E-state index in [-0.39, 0.29) is 0 Å². The molecule has 0 aliphatic carbocycles. The molecule has 0 spiro atoms. The summed E-state index contributed by atoms with van der Waals surface area (Å²) in [5.41, 5.74) is -0.0231. The molecule has 0 aromatic carbocycles. The fraction of sp³-hybridized carbons (Fsp3) is 1.00. The van der Waals surface area contributed by atoms with Crippen molar-refractivity contribution < 1.29 is 5.11 Å². The summed E-state index contributed by atoms with van der Waals surface area (Å²) >= 11 is 0. The van der Waals surface area contributed by atoms with Crippen molar-refractivity contribution in [3.63, 3.8) is 0 Å². The fourth-order valence-corrected chi connectivity index (χ4v) is 1.35. The molecule has 0 bridgehead atoms. The molecule has 0 rings (SSSR count). The van der Waals surface area contributed by atoms with E-state index in [0.717, 1.165) is 25.7 Å². The summed E-state index contributed by atoms with van der Waals surface area (Å²) < 4.78 is 0. The van der Waals surface area contributed by atoms with Gasteiger partial charge in [0.15, 0.2) is 0 Å². The van der Waals surface area contributed by atoms with Crippen molar-refractivity contribution >= 4 is 0 Å². The molecule has 0 aromatic rings. The molecule has 0 heterocycles. The van der Waals surface area contributed by atoms with Gasteiger partial charge in [0, 0.05) is 0 Å². The van der Waals surface area contributed by atoms with E-state index in [2.05, 4.69) is 34.6 Å². The molecule has 0 radical (unpaired) electrons. The van der Waals surface area contributed by atoms with Crippen molar-refractivity contribution in [2.75, 3.05) is 0 Å². The van der Waals surface area contributed by atoms with E-state index in [1.165, 1.54) is 6.42 Å². The van der Waals surface area contributed by atoms with Gasteiger partial charge in [-0.3, -0.25) is 0 Å². The highest BCUT2D eigenvalue weighted by Crippen LogP contribution is 2.31. The summed E-state index contributed by atoms with van der Waals surface area (Å²) in [6, 6.07) is 0. The van der Waals surface area contributed by atoms with E-state index < -0.39 is 5.60 Å². The molecule has 1 nitrogen and oxygen atoms in total. The molecule has 0 amide bonds. The first-order chi connectivity index (χ1) is 5.89. The molecule has 80 valence electrons. The summed E-state index contributed by atoms with van der Waals surface area (Å²) in [5.74, 6) is 0. The van der Waals surface area contributed by atoms with Crippen LogP contribution in [-0.2, 0) is 0 Å². The van der Waals surface area contributed by atoms with Crippen LogP contribution in [0.5, 0.6) is 0 Å². The smallest absolute Gasteiger partial charge is 0.0642 e. The molecule has 0 fully saturated rings. The van der Waals surface area contributed by atoms with Crippen molar-refractivity contribution in [3.8, 4) is 0 Å². The Balaban J connectivity index is 3.99. The van der Waals surface area contributed by atoms with Crippen LogP contribution in [0, 0.1) is 5.41 Å². The van der Waals surface area contributed by atoms with Crippen molar-refractivity contribution in [3.05, 3.63) is 0 Å². The van der Waals surface area contributed by atoms with Crippen molar-refractivity contribution in [1.82, 2.24) is 0 Å². The average molecular weight is 186 g/mol. The van der Waals surface area contributed by atoms with Crippen LogP contribution in [0.15, 0.2) is 0 Å². The Hall–Kier alpha value is -0.0400. The van der Waals surface area contributed by atoms with Crippen LogP contribution in [0.1, 0.15) is 66.7 Å². The van der Waals surface area contributed by atoms with Crippen molar-refractivity contribution in [1.29, 1.82) is 0 Å². The van der Waals surface area contributed by atoms with E-state index in [0.29, 0.717) is 5.41 Å². The molecule has 0 aliphatic heterocycles. The van der Waals surface area contributed by atoms with Gasteiger partial charge in [0.1, 0.15) is 0 Å². The topological polar surface area (TPSA) is 20.2 Å². The van der Waals surface area contributed by atoms with Gasteiger partial charge in [0.2, 0.25) is 0 Å². The molecular weight excluding hydrogens is 160 g/mol. The van der Waals surface area contributed by atoms with Gasteiger partial charge in [-0.05, 0) is 31.1 Å². The van der Waals surface area contributed by atoms with E-state index in [1.807, 2.05) is 0 Å². The molecule has 0 aliphatic rings. The normalized spacial score (nSPS) is 13.4. The number of rotatable bonds is 6. The highest BCUT2D eigenvalue weighted by atomic mass is 16.3. The largest absolute Gasteiger partial charge is 0.390 e. The molecule has 1 N–H and O–H groups in total. The van der Waals surface area contributed by atoms with Gasteiger partial charge in [0.05, 0.1) is 5.60 Å². The van der Waals surface area contributed by atoms with Crippen molar-refractivity contribution in [2.45, 2.75) is 72.3 Å². The standard InChI is InChI=1S/C12H26O/c1-6-11(4,5)9-10-12(13,7-2)8-3/h13H,6-10H2,1-5H3. The first kappa shape index (κ1) is 13.0. The van der Waals surface area contributed by atoms with Gasteiger partial charge < -0.3 is 5.11 Å². The Kier molecular flexibility index (Phi) is 4.98. The maximum Gasteiger partial charge on any atom is 0.0642 e. The number of hydrogen-bond acceptors (Lipinski definition) is 1. The predicted octanol–water partition coefficient (Wildman–Crippen LogP) is 3.75. The van der Waals surface area contributed by atoms with Crippen LogP contribution in [0.2, 0.25) is 0 Å². The first-order valence-corrected chi connectivity index (χ1v) is 5.61. The minimum absolute atomic E-state index is 0.387. The van der Waals surface area contributed by atoms with Crippen LogP contribution >= 0.6 is 0 Å². The van der Waals surface area contributed by atoms with Gasteiger partial charge in [-0.1, -0.05) is 41.0 Å². The van der Waals surface area contributed by atoms with Crippen LogP contribution in [0.4, 0.5) is 0 Å². The van der Waals surface area contributed by atoms with Crippen LogP contribution < -0.4 is 0 Å². The zero-order valence-electron chi connectivity index (χ0n) is 9.98. The highest BCUT2D eigenvalue weighted by molar-refractivity contribution is 4.78. The van der Waals surface area contributed by atoms with E-state index in [4.69, 9.17) is 0 Å². The number of aliphatic hydroxyl groups is 1. The Labute approximate surface area is 83.5 Å². The van der Waals surface area contributed by atoms with Gasteiger partial charge >= 0.3 is 0 Å². The lowest BCUT2D eigenvalue weighted by molar-refractivity contribution is 0.0119. The second-order valence-corrected chi connectivity index (χ2v) is 4.95. The predicted molar refractivity (Wildman–Crippen MR) is 58.8 cm³/mol. The third kappa shape index (κ3) is 4.66. The maximum atomic E-state index is 10.1. The van der Waals surface area contributed by atoms with E-state index in [1.54, 1.807) is 0 Å². The molecule has 0 saturated carbocycles. The molecule has 13 heavy (non-hydrogen) atoms. The molecule has 0 atom stereocenters. The van der Waals surface area contributed by atoms with Gasteiger partial charge in [-0.25, -0.2) is 0 Å². The van der Waals surface area contributed by atoms with Gasteiger partial charge in [-0.2, -0.15) is 0 Å². The molecule has 0 saturated heterocycles. The Morgan fingerprint density at radius 3 is 1.62 bits per heavy atom. The zero-order chi connectivity index (χ0) is 10.5. The average Bonchev–Trinajstić information content (AvgIpc) is 2.14. The number of hydrogen-bond donors (Lipinski definition) is 1. The van der Waals surface area contributed by atoms with Crippen LogP contribution in [-0.4, -0.2) is 10.7 Å². The summed E-state index contributed by atoms with van der Waals surface area (Å²) in [6.45, 7) is 10.9. The second kappa shape index (κ2) is 4.99. The third-order valence-electron chi connectivity index (χ3n) is 3.54. The summed E-state index contributed by atoms with van der Waals surface area (Å²) in [4.78, 5) is 0. The van der Waals surface area contributed by atoms with E-state index >= 15 is 0 Å². The van der Waals surface area contributed by atoms with E-state index in [9.17, 15) is 5.11 Å².